The van der Waals surface area contributed by atoms with Crippen molar-refractivity contribution in [2.24, 2.45) is 0 Å². The molecule has 0 spiro atoms. The van der Waals surface area contributed by atoms with Crippen molar-refractivity contribution in [3.05, 3.63) is 12.7 Å². The van der Waals surface area contributed by atoms with Crippen LogP contribution < -0.4 is 0 Å². The van der Waals surface area contributed by atoms with E-state index < -0.39 is 5.24 Å². The minimum atomic E-state index is -0.392. The van der Waals surface area contributed by atoms with Crippen molar-refractivity contribution in [2.45, 2.75) is 19.3 Å². The third-order valence-corrected chi connectivity index (χ3v) is 1.21. The molecule has 0 saturated carbocycles. The molecule has 56 valence electrons. The molecule has 2 nitrogen and oxygen atoms in total. The fourth-order valence-corrected chi connectivity index (χ4v) is 0.637. The fourth-order valence-electron chi connectivity index (χ4n) is 0.504. The Morgan fingerprint density at radius 3 is 2.40 bits per heavy atom. The molecule has 0 aliphatic carbocycles. The lowest BCUT2D eigenvalue weighted by Gasteiger charge is -1.90. The molecule has 0 heterocycles. The fraction of sp³-hybridized carbons (Fsp3) is 0.429. The zero-order valence-corrected chi connectivity index (χ0v) is 6.36. The summed E-state index contributed by atoms with van der Waals surface area (Å²) >= 11 is 5.03. The van der Waals surface area contributed by atoms with Crippen molar-refractivity contribution < 1.29 is 9.59 Å². The number of allylic oxidation sites excluding steroid dienone is 1. The average Bonchev–Trinajstić information content (AvgIpc) is 1.87. The number of hydrogen-bond donors (Lipinski definition) is 0. The molecule has 0 unspecified atom stereocenters. The molecule has 0 radical (unpaired) electrons. The average molecular weight is 161 g/mol. The molecule has 0 atom stereocenters. The summed E-state index contributed by atoms with van der Waals surface area (Å²) in [5.74, 6) is -0.0436. The third kappa shape index (κ3) is 5.51. The second kappa shape index (κ2) is 5.18. The van der Waals surface area contributed by atoms with Gasteiger partial charge in [-0.05, 0) is 24.1 Å². The summed E-state index contributed by atoms with van der Waals surface area (Å²) in [5.41, 5.74) is 0. The van der Waals surface area contributed by atoms with Crippen molar-refractivity contribution in [1.29, 1.82) is 0 Å². The molecule has 10 heavy (non-hydrogen) atoms. The SMILES string of the molecule is C=CC(=O)CCCC(=O)Cl. The summed E-state index contributed by atoms with van der Waals surface area (Å²) in [7, 11) is 0. The Labute approximate surface area is 64.9 Å². The van der Waals surface area contributed by atoms with Crippen molar-refractivity contribution in [2.75, 3.05) is 0 Å². The van der Waals surface area contributed by atoms with E-state index in [9.17, 15) is 9.59 Å². The number of carbonyl (C=O) groups excluding carboxylic acids is 2. The lowest BCUT2D eigenvalue weighted by Crippen LogP contribution is -1.93. The Morgan fingerprint density at radius 2 is 2.00 bits per heavy atom. The Kier molecular flexibility index (Phi) is 4.85. The molecule has 0 fully saturated rings. The van der Waals surface area contributed by atoms with Crippen LogP contribution in [0.1, 0.15) is 19.3 Å². The molecule has 3 heteroatoms. The molecular formula is C7H9ClO2. The highest BCUT2D eigenvalue weighted by atomic mass is 35.5. The summed E-state index contributed by atoms with van der Waals surface area (Å²) < 4.78 is 0. The Bertz CT molecular complexity index is 152. The maximum absolute atomic E-state index is 10.5. The van der Waals surface area contributed by atoms with Crippen LogP contribution in [0.2, 0.25) is 0 Å². The van der Waals surface area contributed by atoms with Gasteiger partial charge in [0, 0.05) is 12.8 Å². The minimum Gasteiger partial charge on any atom is -0.295 e. The lowest BCUT2D eigenvalue weighted by atomic mass is 10.2. The zero-order valence-electron chi connectivity index (χ0n) is 5.60. The van der Waals surface area contributed by atoms with Crippen LogP contribution in [0.4, 0.5) is 0 Å². The van der Waals surface area contributed by atoms with Gasteiger partial charge < -0.3 is 0 Å². The summed E-state index contributed by atoms with van der Waals surface area (Å²) in [5, 5.41) is -0.392. The van der Waals surface area contributed by atoms with Gasteiger partial charge in [-0.15, -0.1) is 0 Å². The normalized spacial score (nSPS) is 8.90. The lowest BCUT2D eigenvalue weighted by molar-refractivity contribution is -0.115. The number of rotatable bonds is 5. The zero-order chi connectivity index (χ0) is 7.98. The summed E-state index contributed by atoms with van der Waals surface area (Å²) in [6.07, 6.45) is 2.40. The van der Waals surface area contributed by atoms with Crippen LogP contribution in [0.3, 0.4) is 0 Å². The summed E-state index contributed by atoms with van der Waals surface area (Å²) in [6, 6.07) is 0. The largest absolute Gasteiger partial charge is 0.295 e. The summed E-state index contributed by atoms with van der Waals surface area (Å²) in [6.45, 7) is 3.29. The van der Waals surface area contributed by atoms with Crippen molar-refractivity contribution in [3.63, 3.8) is 0 Å². The van der Waals surface area contributed by atoms with E-state index in [0.29, 0.717) is 12.8 Å². The molecule has 0 aromatic carbocycles. The molecule has 0 bridgehead atoms. The maximum atomic E-state index is 10.5. The van der Waals surface area contributed by atoms with E-state index >= 15 is 0 Å². The second-order valence-electron chi connectivity index (χ2n) is 1.88. The highest BCUT2D eigenvalue weighted by Gasteiger charge is 1.98. The molecule has 0 aromatic heterocycles. The predicted octanol–water partition coefficient (Wildman–Crippen LogP) is 1.68. The first-order valence-electron chi connectivity index (χ1n) is 3.00. The highest BCUT2D eigenvalue weighted by molar-refractivity contribution is 6.63. The van der Waals surface area contributed by atoms with E-state index in [1.54, 1.807) is 0 Å². The Balaban J connectivity index is 3.28. The van der Waals surface area contributed by atoms with Gasteiger partial charge in [0.2, 0.25) is 5.24 Å². The number of ketones is 1. The number of halogens is 1. The van der Waals surface area contributed by atoms with E-state index in [-0.39, 0.29) is 12.2 Å². The van der Waals surface area contributed by atoms with Gasteiger partial charge in [-0.1, -0.05) is 6.58 Å². The third-order valence-electron chi connectivity index (χ3n) is 1.02. The minimum absolute atomic E-state index is 0.0436. The molecule has 0 N–H and O–H groups in total. The molecule has 0 amide bonds. The van der Waals surface area contributed by atoms with Crippen LogP contribution in [0.25, 0.3) is 0 Å². The number of hydrogen-bond acceptors (Lipinski definition) is 2. The van der Waals surface area contributed by atoms with E-state index in [1.165, 1.54) is 6.08 Å². The van der Waals surface area contributed by atoms with Gasteiger partial charge in [0.1, 0.15) is 0 Å². The van der Waals surface area contributed by atoms with Crippen LogP contribution in [0.5, 0.6) is 0 Å². The van der Waals surface area contributed by atoms with Crippen molar-refractivity contribution >= 4 is 22.6 Å². The van der Waals surface area contributed by atoms with Crippen molar-refractivity contribution in [3.8, 4) is 0 Å². The molecule has 0 aliphatic rings. The number of carbonyl (C=O) groups is 2. The smallest absolute Gasteiger partial charge is 0.221 e. The second-order valence-corrected chi connectivity index (χ2v) is 2.30. The van der Waals surface area contributed by atoms with Crippen LogP contribution in [0, 0.1) is 0 Å². The van der Waals surface area contributed by atoms with E-state index in [1.807, 2.05) is 0 Å². The van der Waals surface area contributed by atoms with Crippen molar-refractivity contribution in [1.82, 2.24) is 0 Å². The predicted molar refractivity (Wildman–Crippen MR) is 39.9 cm³/mol. The van der Waals surface area contributed by atoms with Gasteiger partial charge >= 0.3 is 0 Å². The first-order chi connectivity index (χ1) is 4.66. The van der Waals surface area contributed by atoms with Gasteiger partial charge in [0.15, 0.2) is 5.78 Å². The molecule has 0 aliphatic heterocycles. The van der Waals surface area contributed by atoms with Crippen LogP contribution in [0.15, 0.2) is 12.7 Å². The van der Waals surface area contributed by atoms with Gasteiger partial charge in [0.05, 0.1) is 0 Å². The van der Waals surface area contributed by atoms with Crippen LogP contribution in [-0.2, 0) is 9.59 Å². The molecule has 0 aromatic rings. The van der Waals surface area contributed by atoms with Crippen LogP contribution in [-0.4, -0.2) is 11.0 Å². The quantitative estimate of drug-likeness (QED) is 0.453. The molecule has 0 saturated heterocycles. The molecular weight excluding hydrogens is 152 g/mol. The van der Waals surface area contributed by atoms with E-state index in [4.69, 9.17) is 11.6 Å². The standard InChI is InChI=1S/C7H9ClO2/c1-2-6(9)4-3-5-7(8)10/h2H,1,3-5H2. The first-order valence-corrected chi connectivity index (χ1v) is 3.38. The van der Waals surface area contributed by atoms with E-state index in [2.05, 4.69) is 6.58 Å². The monoisotopic (exact) mass is 160 g/mol. The Hall–Kier alpha value is -0.630. The van der Waals surface area contributed by atoms with Gasteiger partial charge in [-0.2, -0.15) is 0 Å². The summed E-state index contributed by atoms with van der Waals surface area (Å²) in [4.78, 5) is 20.7. The first kappa shape index (κ1) is 9.37. The highest BCUT2D eigenvalue weighted by Crippen LogP contribution is 1.99. The van der Waals surface area contributed by atoms with Gasteiger partial charge in [-0.25, -0.2) is 0 Å². The Morgan fingerprint density at radius 1 is 1.40 bits per heavy atom. The van der Waals surface area contributed by atoms with Crippen LogP contribution >= 0.6 is 11.6 Å². The topological polar surface area (TPSA) is 34.1 Å². The van der Waals surface area contributed by atoms with Gasteiger partial charge in [0.25, 0.3) is 0 Å². The molecule has 0 rings (SSSR count). The van der Waals surface area contributed by atoms with Gasteiger partial charge in [-0.3, -0.25) is 9.59 Å². The maximum Gasteiger partial charge on any atom is 0.221 e. The van der Waals surface area contributed by atoms with E-state index in [0.717, 1.165) is 0 Å².